The number of likely N-dealkylation sites (tertiary alicyclic amines) is 1. The zero-order chi connectivity index (χ0) is 13.8. The summed E-state index contributed by atoms with van der Waals surface area (Å²) in [5.74, 6) is -0.515. The highest BCUT2D eigenvalue weighted by atomic mass is 16.2. The van der Waals surface area contributed by atoms with Crippen LogP contribution in [0.3, 0.4) is 0 Å². The summed E-state index contributed by atoms with van der Waals surface area (Å²) in [6, 6.07) is -0.465. The molecule has 0 saturated carbocycles. The van der Waals surface area contributed by atoms with Gasteiger partial charge in [-0.25, -0.2) is 0 Å². The molecule has 0 bridgehead atoms. The molecule has 0 aromatic rings. The lowest BCUT2D eigenvalue weighted by molar-refractivity contribution is -0.139. The summed E-state index contributed by atoms with van der Waals surface area (Å²) in [5, 5.41) is 2.58. The van der Waals surface area contributed by atoms with Crippen LogP contribution in [-0.4, -0.2) is 42.3 Å². The van der Waals surface area contributed by atoms with Crippen LogP contribution in [0.5, 0.6) is 0 Å². The number of rotatable bonds is 6. The molecule has 1 heterocycles. The third kappa shape index (κ3) is 3.72. The first-order valence-electron chi connectivity index (χ1n) is 6.13. The van der Waals surface area contributed by atoms with Gasteiger partial charge in [-0.2, -0.15) is 0 Å². The van der Waals surface area contributed by atoms with E-state index in [1.54, 1.807) is 4.90 Å². The van der Waals surface area contributed by atoms with E-state index in [1.807, 2.05) is 13.8 Å². The van der Waals surface area contributed by atoms with Crippen molar-refractivity contribution in [3.63, 3.8) is 0 Å². The number of nitrogens with one attached hydrogen (secondary N) is 1. The van der Waals surface area contributed by atoms with Crippen LogP contribution in [0.15, 0.2) is 0 Å². The van der Waals surface area contributed by atoms with Gasteiger partial charge >= 0.3 is 0 Å². The van der Waals surface area contributed by atoms with Crippen molar-refractivity contribution in [3.8, 4) is 0 Å². The largest absolute Gasteiger partial charge is 0.368 e. The highest BCUT2D eigenvalue weighted by Gasteiger charge is 2.34. The van der Waals surface area contributed by atoms with Gasteiger partial charge in [0.15, 0.2) is 0 Å². The zero-order valence-corrected chi connectivity index (χ0v) is 10.9. The fraction of sp³-hybridized carbons (Fsp3) is 0.750. The van der Waals surface area contributed by atoms with E-state index in [0.717, 1.165) is 6.42 Å². The lowest BCUT2D eigenvalue weighted by atomic mass is 9.88. The van der Waals surface area contributed by atoms with Crippen LogP contribution in [0.25, 0.3) is 0 Å². The molecule has 1 saturated heterocycles. The van der Waals surface area contributed by atoms with Gasteiger partial charge in [0.05, 0.1) is 0 Å². The molecule has 0 radical (unpaired) electrons. The highest BCUT2D eigenvalue weighted by Crippen LogP contribution is 2.24. The standard InChI is InChI=1S/C12H21N3O3/c1-12(2,7-14-8-16)6-10(17)15-5-3-4-9(15)11(13)18/h8-9H,3-7H2,1-2H3,(H2,13,18)(H,14,16). The second kappa shape index (κ2) is 5.84. The molecule has 18 heavy (non-hydrogen) atoms. The molecule has 1 aliphatic heterocycles. The van der Waals surface area contributed by atoms with Gasteiger partial charge in [-0.3, -0.25) is 14.4 Å². The molecule has 1 fully saturated rings. The van der Waals surface area contributed by atoms with Gasteiger partial charge in [0.1, 0.15) is 6.04 Å². The molecular weight excluding hydrogens is 234 g/mol. The molecule has 1 aliphatic rings. The topological polar surface area (TPSA) is 92.5 Å². The van der Waals surface area contributed by atoms with E-state index >= 15 is 0 Å². The minimum absolute atomic E-state index is 0.0750. The lowest BCUT2D eigenvalue weighted by Gasteiger charge is -2.28. The van der Waals surface area contributed by atoms with Gasteiger partial charge in [-0.05, 0) is 18.3 Å². The Balaban J connectivity index is 2.59. The Labute approximate surface area is 107 Å². The summed E-state index contributed by atoms with van der Waals surface area (Å²) in [6.45, 7) is 4.81. The monoisotopic (exact) mass is 255 g/mol. The maximum absolute atomic E-state index is 12.1. The van der Waals surface area contributed by atoms with Gasteiger partial charge in [0.25, 0.3) is 0 Å². The molecule has 6 heteroatoms. The molecule has 0 aromatic heterocycles. The first kappa shape index (κ1) is 14.5. The Morgan fingerprint density at radius 3 is 2.72 bits per heavy atom. The van der Waals surface area contributed by atoms with E-state index in [4.69, 9.17) is 5.73 Å². The molecular formula is C12H21N3O3. The van der Waals surface area contributed by atoms with E-state index in [2.05, 4.69) is 5.32 Å². The van der Waals surface area contributed by atoms with Gasteiger partial charge in [0.2, 0.25) is 18.2 Å². The van der Waals surface area contributed by atoms with E-state index < -0.39 is 11.9 Å². The first-order chi connectivity index (χ1) is 8.37. The van der Waals surface area contributed by atoms with Crippen LogP contribution < -0.4 is 11.1 Å². The first-order valence-corrected chi connectivity index (χ1v) is 6.13. The van der Waals surface area contributed by atoms with E-state index in [9.17, 15) is 14.4 Å². The second-order valence-electron chi connectivity index (χ2n) is 5.49. The van der Waals surface area contributed by atoms with E-state index in [0.29, 0.717) is 25.9 Å². The molecule has 3 amide bonds. The maximum Gasteiger partial charge on any atom is 0.240 e. The average molecular weight is 255 g/mol. The van der Waals surface area contributed by atoms with Gasteiger partial charge in [-0.1, -0.05) is 13.8 Å². The molecule has 6 nitrogen and oxygen atoms in total. The SMILES string of the molecule is CC(C)(CNC=O)CC(=O)N1CCCC1C(N)=O. The number of nitrogens with zero attached hydrogens (tertiary/aromatic N) is 1. The van der Waals surface area contributed by atoms with Crippen LogP contribution in [0.1, 0.15) is 33.1 Å². The van der Waals surface area contributed by atoms with Crippen molar-refractivity contribution in [2.75, 3.05) is 13.1 Å². The smallest absolute Gasteiger partial charge is 0.240 e. The molecule has 1 unspecified atom stereocenters. The quantitative estimate of drug-likeness (QED) is 0.634. The summed E-state index contributed by atoms with van der Waals surface area (Å²) in [5.41, 5.74) is 4.95. The van der Waals surface area contributed by atoms with Crippen molar-refractivity contribution >= 4 is 18.2 Å². The molecule has 1 rings (SSSR count). The Hall–Kier alpha value is -1.59. The van der Waals surface area contributed by atoms with E-state index in [1.165, 1.54) is 0 Å². The summed E-state index contributed by atoms with van der Waals surface area (Å²) < 4.78 is 0. The predicted octanol–water partition coefficient (Wildman–Crippen LogP) is -0.375. The third-order valence-electron chi connectivity index (χ3n) is 3.20. The lowest BCUT2D eigenvalue weighted by Crippen LogP contribution is -2.45. The number of nitrogens with two attached hydrogens (primary N) is 1. The summed E-state index contributed by atoms with van der Waals surface area (Å²) >= 11 is 0. The summed E-state index contributed by atoms with van der Waals surface area (Å²) in [6.07, 6.45) is 2.37. The van der Waals surface area contributed by atoms with Crippen LogP contribution in [-0.2, 0) is 14.4 Å². The number of hydrogen-bond donors (Lipinski definition) is 2. The number of primary amides is 1. The average Bonchev–Trinajstić information content (AvgIpc) is 2.74. The molecule has 0 aliphatic carbocycles. The fourth-order valence-corrected chi connectivity index (χ4v) is 2.25. The van der Waals surface area contributed by atoms with Crippen LogP contribution in [0, 0.1) is 5.41 Å². The van der Waals surface area contributed by atoms with Crippen molar-refractivity contribution in [3.05, 3.63) is 0 Å². The normalized spacial score (nSPS) is 19.7. The van der Waals surface area contributed by atoms with Crippen molar-refractivity contribution < 1.29 is 14.4 Å². The minimum atomic E-state index is -0.465. The number of hydrogen-bond acceptors (Lipinski definition) is 3. The molecule has 0 spiro atoms. The van der Waals surface area contributed by atoms with Crippen LogP contribution >= 0.6 is 0 Å². The minimum Gasteiger partial charge on any atom is -0.368 e. The number of carbonyl (C=O) groups excluding carboxylic acids is 3. The van der Waals surface area contributed by atoms with Crippen molar-refractivity contribution in [2.24, 2.45) is 11.1 Å². The highest BCUT2D eigenvalue weighted by molar-refractivity contribution is 5.87. The second-order valence-corrected chi connectivity index (χ2v) is 5.49. The number of carbonyl (C=O) groups is 3. The third-order valence-corrected chi connectivity index (χ3v) is 3.20. The molecule has 102 valence electrons. The molecule has 3 N–H and O–H groups in total. The predicted molar refractivity (Wildman–Crippen MR) is 66.4 cm³/mol. The molecule has 1 atom stereocenters. The fourth-order valence-electron chi connectivity index (χ4n) is 2.25. The number of amides is 3. The Morgan fingerprint density at radius 1 is 1.50 bits per heavy atom. The van der Waals surface area contributed by atoms with Crippen LogP contribution in [0.4, 0.5) is 0 Å². The Kier molecular flexibility index (Phi) is 4.69. The zero-order valence-electron chi connectivity index (χ0n) is 10.9. The van der Waals surface area contributed by atoms with Gasteiger partial charge in [-0.15, -0.1) is 0 Å². The van der Waals surface area contributed by atoms with Crippen molar-refractivity contribution in [1.29, 1.82) is 0 Å². The van der Waals surface area contributed by atoms with Gasteiger partial charge in [0, 0.05) is 19.5 Å². The van der Waals surface area contributed by atoms with Crippen LogP contribution in [0.2, 0.25) is 0 Å². The van der Waals surface area contributed by atoms with Crippen molar-refractivity contribution in [2.45, 2.75) is 39.2 Å². The summed E-state index contributed by atoms with van der Waals surface area (Å²) in [4.78, 5) is 35.2. The van der Waals surface area contributed by atoms with Gasteiger partial charge < -0.3 is 16.0 Å². The Bertz CT molecular complexity index is 341. The Morgan fingerprint density at radius 2 is 2.17 bits per heavy atom. The maximum atomic E-state index is 12.1. The van der Waals surface area contributed by atoms with Crippen molar-refractivity contribution in [1.82, 2.24) is 10.2 Å². The summed E-state index contributed by atoms with van der Waals surface area (Å²) in [7, 11) is 0. The molecule has 0 aromatic carbocycles. The van der Waals surface area contributed by atoms with E-state index in [-0.39, 0.29) is 17.7 Å².